The number of halogens is 1. The first-order chi connectivity index (χ1) is 12.0. The molecule has 2 heterocycles. The molecule has 1 aromatic heterocycles. The number of hydrogen-bond acceptors (Lipinski definition) is 5. The lowest BCUT2D eigenvalue weighted by Crippen LogP contribution is -2.48. The van der Waals surface area contributed by atoms with Gasteiger partial charge < -0.3 is 14.7 Å². The van der Waals surface area contributed by atoms with Gasteiger partial charge in [0.1, 0.15) is 18.5 Å². The maximum Gasteiger partial charge on any atom is 0.325 e. The fourth-order valence-corrected chi connectivity index (χ4v) is 2.89. The standard InChI is InChI=1S/C16H17FN4O4/c1-10-15(11-3-2-4-12(17)7-11)25-6-5-21(10)16(24)13-8-20(19-18-13)9-14(22)23/h2-4,7-8,10,15H,5-6,9H2,1H3,(H,22,23)/t10-,15+/m1/s1. The average Bonchev–Trinajstić information content (AvgIpc) is 3.02. The molecule has 1 aromatic carbocycles. The molecule has 0 aliphatic carbocycles. The molecule has 25 heavy (non-hydrogen) atoms. The van der Waals surface area contributed by atoms with Crippen molar-refractivity contribution in [2.75, 3.05) is 13.2 Å². The fourth-order valence-electron chi connectivity index (χ4n) is 2.89. The van der Waals surface area contributed by atoms with Crippen molar-refractivity contribution in [2.24, 2.45) is 0 Å². The summed E-state index contributed by atoms with van der Waals surface area (Å²) in [6.07, 6.45) is 0.845. The highest BCUT2D eigenvalue weighted by atomic mass is 19.1. The second kappa shape index (κ2) is 6.98. The van der Waals surface area contributed by atoms with Crippen molar-refractivity contribution in [2.45, 2.75) is 25.6 Å². The Labute approximate surface area is 142 Å². The summed E-state index contributed by atoms with van der Waals surface area (Å²) in [6.45, 7) is 2.11. The van der Waals surface area contributed by atoms with Gasteiger partial charge in [-0.2, -0.15) is 0 Å². The van der Waals surface area contributed by atoms with Crippen LogP contribution in [0.2, 0.25) is 0 Å². The summed E-state index contributed by atoms with van der Waals surface area (Å²) in [7, 11) is 0. The van der Waals surface area contributed by atoms with E-state index in [1.807, 2.05) is 6.92 Å². The van der Waals surface area contributed by atoms with Gasteiger partial charge >= 0.3 is 5.97 Å². The van der Waals surface area contributed by atoms with Crippen LogP contribution >= 0.6 is 0 Å². The van der Waals surface area contributed by atoms with Crippen LogP contribution in [-0.4, -0.2) is 56.1 Å². The number of carbonyl (C=O) groups is 2. The Kier molecular flexibility index (Phi) is 4.75. The zero-order valence-electron chi connectivity index (χ0n) is 13.5. The van der Waals surface area contributed by atoms with E-state index in [4.69, 9.17) is 9.84 Å². The van der Waals surface area contributed by atoms with E-state index < -0.39 is 12.1 Å². The minimum absolute atomic E-state index is 0.0630. The van der Waals surface area contributed by atoms with Crippen LogP contribution in [0.1, 0.15) is 29.1 Å². The van der Waals surface area contributed by atoms with Crippen LogP contribution in [-0.2, 0) is 16.1 Å². The molecule has 1 aliphatic rings. The van der Waals surface area contributed by atoms with E-state index in [9.17, 15) is 14.0 Å². The zero-order chi connectivity index (χ0) is 18.0. The Morgan fingerprint density at radius 2 is 2.24 bits per heavy atom. The molecule has 8 nitrogen and oxygen atoms in total. The molecule has 1 amide bonds. The van der Waals surface area contributed by atoms with Gasteiger partial charge in [-0.05, 0) is 24.6 Å². The van der Waals surface area contributed by atoms with Crippen LogP contribution in [0.15, 0.2) is 30.5 Å². The molecule has 132 valence electrons. The third kappa shape index (κ3) is 3.66. The highest BCUT2D eigenvalue weighted by Crippen LogP contribution is 2.29. The van der Waals surface area contributed by atoms with Gasteiger partial charge in [0.15, 0.2) is 5.69 Å². The molecular weight excluding hydrogens is 331 g/mol. The van der Waals surface area contributed by atoms with Gasteiger partial charge in [0.2, 0.25) is 0 Å². The van der Waals surface area contributed by atoms with E-state index in [0.717, 1.165) is 4.68 Å². The van der Waals surface area contributed by atoms with E-state index in [1.165, 1.54) is 18.3 Å². The molecule has 0 bridgehead atoms. The Bertz CT molecular complexity index is 794. The topological polar surface area (TPSA) is 97.5 Å². The fraction of sp³-hybridized carbons (Fsp3) is 0.375. The van der Waals surface area contributed by atoms with E-state index in [2.05, 4.69) is 10.3 Å². The number of aliphatic carboxylic acids is 1. The number of carboxylic acids is 1. The van der Waals surface area contributed by atoms with E-state index in [0.29, 0.717) is 18.7 Å². The van der Waals surface area contributed by atoms with Gasteiger partial charge in [-0.15, -0.1) is 5.10 Å². The normalized spacial score (nSPS) is 20.5. The highest BCUT2D eigenvalue weighted by Gasteiger charge is 2.34. The minimum atomic E-state index is -1.07. The molecule has 1 aliphatic heterocycles. The quantitative estimate of drug-likeness (QED) is 0.889. The Hall–Kier alpha value is -2.81. The predicted molar refractivity (Wildman–Crippen MR) is 83.2 cm³/mol. The Morgan fingerprint density at radius 3 is 2.96 bits per heavy atom. The van der Waals surface area contributed by atoms with E-state index in [-0.39, 0.29) is 30.0 Å². The summed E-state index contributed by atoms with van der Waals surface area (Å²) in [5.41, 5.74) is 0.715. The van der Waals surface area contributed by atoms with Gasteiger partial charge in [0.25, 0.3) is 5.91 Å². The van der Waals surface area contributed by atoms with Crippen molar-refractivity contribution in [3.8, 4) is 0 Å². The molecule has 2 aromatic rings. The van der Waals surface area contributed by atoms with Crippen molar-refractivity contribution in [3.63, 3.8) is 0 Å². The SMILES string of the molecule is C[C@@H]1[C@@H](c2cccc(F)c2)OCCN1C(=O)c1cn(CC(=O)O)nn1. The molecule has 0 unspecified atom stereocenters. The maximum absolute atomic E-state index is 13.5. The third-order valence-electron chi connectivity index (χ3n) is 4.05. The number of morpholine rings is 1. The number of nitrogens with zero attached hydrogens (tertiary/aromatic N) is 4. The minimum Gasteiger partial charge on any atom is -0.480 e. The largest absolute Gasteiger partial charge is 0.480 e. The predicted octanol–water partition coefficient (Wildman–Crippen LogP) is 1.10. The lowest BCUT2D eigenvalue weighted by atomic mass is 10.00. The van der Waals surface area contributed by atoms with Crippen LogP contribution in [0.3, 0.4) is 0 Å². The molecule has 0 spiro atoms. The molecule has 0 saturated carbocycles. The molecule has 1 N–H and O–H groups in total. The second-order valence-electron chi connectivity index (χ2n) is 5.78. The van der Waals surface area contributed by atoms with Crippen LogP contribution < -0.4 is 0 Å². The first-order valence-corrected chi connectivity index (χ1v) is 7.75. The molecular formula is C16H17FN4O4. The highest BCUT2D eigenvalue weighted by molar-refractivity contribution is 5.92. The molecule has 1 saturated heterocycles. The first kappa shape index (κ1) is 17.0. The Morgan fingerprint density at radius 1 is 1.44 bits per heavy atom. The summed E-state index contributed by atoms with van der Waals surface area (Å²) in [6, 6.07) is 5.74. The van der Waals surface area contributed by atoms with Crippen LogP contribution in [0.5, 0.6) is 0 Å². The van der Waals surface area contributed by atoms with Crippen molar-refractivity contribution in [3.05, 3.63) is 47.5 Å². The Balaban J connectivity index is 1.78. The smallest absolute Gasteiger partial charge is 0.325 e. The van der Waals surface area contributed by atoms with Crippen LogP contribution in [0.4, 0.5) is 4.39 Å². The van der Waals surface area contributed by atoms with Crippen molar-refractivity contribution >= 4 is 11.9 Å². The number of hydrogen-bond donors (Lipinski definition) is 1. The number of carboxylic acid groups (broad SMARTS) is 1. The lowest BCUT2D eigenvalue weighted by molar-refractivity contribution is -0.137. The second-order valence-corrected chi connectivity index (χ2v) is 5.78. The summed E-state index contributed by atoms with van der Waals surface area (Å²) >= 11 is 0. The van der Waals surface area contributed by atoms with Crippen LogP contribution in [0.25, 0.3) is 0 Å². The van der Waals surface area contributed by atoms with Crippen molar-refractivity contribution < 1.29 is 23.8 Å². The number of rotatable bonds is 4. The molecule has 9 heteroatoms. The van der Waals surface area contributed by atoms with E-state index in [1.54, 1.807) is 17.0 Å². The van der Waals surface area contributed by atoms with Gasteiger partial charge in [0.05, 0.1) is 18.8 Å². The number of amides is 1. The van der Waals surface area contributed by atoms with E-state index >= 15 is 0 Å². The zero-order valence-corrected chi connectivity index (χ0v) is 13.5. The summed E-state index contributed by atoms with van der Waals surface area (Å²) in [5, 5.41) is 16.1. The number of aromatic nitrogens is 3. The molecule has 0 radical (unpaired) electrons. The molecule has 3 rings (SSSR count). The van der Waals surface area contributed by atoms with Crippen molar-refractivity contribution in [1.82, 2.24) is 19.9 Å². The summed E-state index contributed by atoms with van der Waals surface area (Å²) < 4.78 is 20.3. The van der Waals surface area contributed by atoms with Crippen molar-refractivity contribution in [1.29, 1.82) is 0 Å². The molecule has 1 fully saturated rings. The number of ether oxygens (including phenoxy) is 1. The van der Waals surface area contributed by atoms with Gasteiger partial charge in [0, 0.05) is 6.54 Å². The first-order valence-electron chi connectivity index (χ1n) is 7.75. The lowest BCUT2D eigenvalue weighted by Gasteiger charge is -2.39. The number of benzene rings is 1. The summed E-state index contributed by atoms with van der Waals surface area (Å²) in [4.78, 5) is 25.0. The maximum atomic E-state index is 13.5. The summed E-state index contributed by atoms with van der Waals surface area (Å²) in [5.74, 6) is -1.81. The van der Waals surface area contributed by atoms with Gasteiger partial charge in [-0.25, -0.2) is 9.07 Å². The molecule has 2 atom stereocenters. The number of carbonyl (C=O) groups excluding carboxylic acids is 1. The average molecular weight is 348 g/mol. The van der Waals surface area contributed by atoms with Gasteiger partial charge in [-0.3, -0.25) is 9.59 Å². The van der Waals surface area contributed by atoms with Crippen LogP contribution in [0, 0.1) is 5.82 Å². The third-order valence-corrected chi connectivity index (χ3v) is 4.05. The monoisotopic (exact) mass is 348 g/mol. The van der Waals surface area contributed by atoms with Gasteiger partial charge in [-0.1, -0.05) is 17.3 Å².